The van der Waals surface area contributed by atoms with Crippen molar-refractivity contribution in [2.75, 3.05) is 13.7 Å². The number of aryl methyl sites for hydroxylation is 2. The smallest absolute Gasteiger partial charge is 0.143 e. The van der Waals surface area contributed by atoms with Crippen molar-refractivity contribution in [1.29, 1.82) is 0 Å². The molecule has 0 fully saturated rings. The van der Waals surface area contributed by atoms with Gasteiger partial charge in [-0.25, -0.2) is 0 Å². The highest BCUT2D eigenvalue weighted by Gasteiger charge is 2.18. The van der Waals surface area contributed by atoms with E-state index < -0.39 is 0 Å². The summed E-state index contributed by atoms with van der Waals surface area (Å²) in [5.74, 6) is 0.970. The minimum atomic E-state index is 0.962. The maximum Gasteiger partial charge on any atom is 0.143 e. The Kier molecular flexibility index (Phi) is 2.56. The first-order chi connectivity index (χ1) is 8.33. The van der Waals surface area contributed by atoms with E-state index in [4.69, 9.17) is 4.74 Å². The second-order valence-electron chi connectivity index (χ2n) is 4.62. The summed E-state index contributed by atoms with van der Waals surface area (Å²) in [4.78, 5) is 0. The van der Waals surface area contributed by atoms with Crippen molar-refractivity contribution < 1.29 is 4.74 Å². The largest absolute Gasteiger partial charge is 0.495 e. The summed E-state index contributed by atoms with van der Waals surface area (Å²) in [6.45, 7) is 2.07. The molecular formula is C14H18N2O. The molecule has 2 heterocycles. The van der Waals surface area contributed by atoms with Gasteiger partial charge in [-0.1, -0.05) is 12.1 Å². The van der Waals surface area contributed by atoms with Gasteiger partial charge < -0.3 is 14.6 Å². The van der Waals surface area contributed by atoms with Gasteiger partial charge in [-0.3, -0.25) is 0 Å². The minimum absolute atomic E-state index is 0.962. The van der Waals surface area contributed by atoms with Crippen LogP contribution in [0.15, 0.2) is 18.2 Å². The zero-order valence-electron chi connectivity index (χ0n) is 10.4. The van der Waals surface area contributed by atoms with E-state index >= 15 is 0 Å². The summed E-state index contributed by atoms with van der Waals surface area (Å²) in [6.07, 6.45) is 2.37. The van der Waals surface area contributed by atoms with Crippen molar-refractivity contribution in [3.63, 3.8) is 0 Å². The van der Waals surface area contributed by atoms with E-state index in [0.29, 0.717) is 0 Å². The molecule has 3 rings (SSSR count). The lowest BCUT2D eigenvalue weighted by Gasteiger charge is -2.07. The number of fused-ring (bicyclic) bond motifs is 3. The van der Waals surface area contributed by atoms with Gasteiger partial charge in [0.25, 0.3) is 0 Å². The number of ether oxygens (including phenoxy) is 1. The molecule has 0 saturated carbocycles. The maximum absolute atomic E-state index is 5.48. The molecule has 1 aliphatic heterocycles. The highest BCUT2D eigenvalue weighted by Crippen LogP contribution is 2.33. The molecule has 0 atom stereocenters. The second kappa shape index (κ2) is 4.08. The van der Waals surface area contributed by atoms with Gasteiger partial charge in [-0.05, 0) is 31.0 Å². The summed E-state index contributed by atoms with van der Waals surface area (Å²) in [7, 11) is 3.88. The highest BCUT2D eigenvalue weighted by atomic mass is 16.5. The first kappa shape index (κ1) is 10.7. The normalized spacial score (nSPS) is 15.6. The molecule has 1 aromatic carbocycles. The van der Waals surface area contributed by atoms with E-state index in [9.17, 15) is 0 Å². The predicted molar refractivity (Wildman–Crippen MR) is 69.5 cm³/mol. The van der Waals surface area contributed by atoms with E-state index in [1.807, 2.05) is 6.07 Å². The Balaban J connectivity index is 2.33. The standard InChI is InChI=1S/C14H18N2O/c1-16-12-9-15-8-4-6-10(12)11-5-3-7-13(17-2)14(11)16/h3,5,7,15H,4,6,8-9H2,1-2H3. The molecule has 17 heavy (non-hydrogen) atoms. The van der Waals surface area contributed by atoms with Crippen LogP contribution in [0.1, 0.15) is 17.7 Å². The lowest BCUT2D eigenvalue weighted by molar-refractivity contribution is 0.417. The molecule has 0 spiro atoms. The molecular weight excluding hydrogens is 212 g/mol. The Labute approximate surface area is 101 Å². The Hall–Kier alpha value is -1.48. The number of hydrogen-bond acceptors (Lipinski definition) is 2. The number of nitrogens with zero attached hydrogens (tertiary/aromatic N) is 1. The van der Waals surface area contributed by atoms with Crippen LogP contribution in [0.3, 0.4) is 0 Å². The fraction of sp³-hybridized carbons (Fsp3) is 0.429. The average Bonchev–Trinajstić information content (AvgIpc) is 2.57. The monoisotopic (exact) mass is 230 g/mol. The van der Waals surface area contributed by atoms with Gasteiger partial charge >= 0.3 is 0 Å². The number of rotatable bonds is 1. The third kappa shape index (κ3) is 1.53. The molecule has 0 saturated heterocycles. The van der Waals surface area contributed by atoms with Crippen LogP contribution in [0.5, 0.6) is 5.75 Å². The molecule has 3 heteroatoms. The van der Waals surface area contributed by atoms with Crippen LogP contribution < -0.4 is 10.1 Å². The van der Waals surface area contributed by atoms with E-state index in [1.165, 1.54) is 28.6 Å². The van der Waals surface area contributed by atoms with E-state index in [1.54, 1.807) is 7.11 Å². The molecule has 2 aromatic rings. The number of para-hydroxylation sites is 1. The van der Waals surface area contributed by atoms with Gasteiger partial charge in [-0.2, -0.15) is 0 Å². The molecule has 0 amide bonds. The van der Waals surface area contributed by atoms with Crippen molar-refractivity contribution >= 4 is 10.9 Å². The van der Waals surface area contributed by atoms with Gasteiger partial charge in [-0.15, -0.1) is 0 Å². The number of benzene rings is 1. The zero-order valence-corrected chi connectivity index (χ0v) is 10.4. The summed E-state index contributed by atoms with van der Waals surface area (Å²) in [6, 6.07) is 6.33. The van der Waals surface area contributed by atoms with Gasteiger partial charge in [0.05, 0.1) is 12.6 Å². The Bertz CT molecular complexity index is 557. The third-order valence-electron chi connectivity index (χ3n) is 3.71. The van der Waals surface area contributed by atoms with Gasteiger partial charge in [0.1, 0.15) is 5.75 Å². The molecule has 1 aliphatic rings. The van der Waals surface area contributed by atoms with Crippen molar-refractivity contribution in [3.8, 4) is 5.75 Å². The van der Waals surface area contributed by atoms with Crippen LogP contribution in [0.4, 0.5) is 0 Å². The fourth-order valence-corrected chi connectivity index (χ4v) is 2.87. The Morgan fingerprint density at radius 2 is 2.24 bits per heavy atom. The Morgan fingerprint density at radius 1 is 1.35 bits per heavy atom. The molecule has 1 N–H and O–H groups in total. The van der Waals surface area contributed by atoms with Crippen molar-refractivity contribution in [2.24, 2.45) is 7.05 Å². The van der Waals surface area contributed by atoms with Crippen LogP contribution in [-0.2, 0) is 20.0 Å². The first-order valence-corrected chi connectivity index (χ1v) is 6.17. The van der Waals surface area contributed by atoms with Crippen LogP contribution in [0.2, 0.25) is 0 Å². The zero-order chi connectivity index (χ0) is 11.8. The van der Waals surface area contributed by atoms with Gasteiger partial charge in [0.2, 0.25) is 0 Å². The minimum Gasteiger partial charge on any atom is -0.495 e. The molecule has 3 nitrogen and oxygen atoms in total. The van der Waals surface area contributed by atoms with Crippen molar-refractivity contribution in [2.45, 2.75) is 19.4 Å². The van der Waals surface area contributed by atoms with E-state index in [2.05, 4.69) is 29.1 Å². The fourth-order valence-electron chi connectivity index (χ4n) is 2.87. The summed E-state index contributed by atoms with van der Waals surface area (Å²) >= 11 is 0. The van der Waals surface area contributed by atoms with Crippen LogP contribution >= 0.6 is 0 Å². The van der Waals surface area contributed by atoms with Gasteiger partial charge in [0.15, 0.2) is 0 Å². The molecule has 1 aromatic heterocycles. The lowest BCUT2D eigenvalue weighted by atomic mass is 10.1. The van der Waals surface area contributed by atoms with Crippen LogP contribution in [-0.4, -0.2) is 18.2 Å². The number of hydrogen-bond donors (Lipinski definition) is 1. The van der Waals surface area contributed by atoms with Crippen molar-refractivity contribution in [1.82, 2.24) is 9.88 Å². The predicted octanol–water partition coefficient (Wildman–Crippen LogP) is 2.22. The van der Waals surface area contributed by atoms with Crippen LogP contribution in [0, 0.1) is 0 Å². The summed E-state index contributed by atoms with van der Waals surface area (Å²) in [5, 5.41) is 4.83. The quantitative estimate of drug-likeness (QED) is 0.813. The summed E-state index contributed by atoms with van der Waals surface area (Å²) in [5.41, 5.74) is 4.12. The lowest BCUT2D eigenvalue weighted by Crippen LogP contribution is -2.14. The second-order valence-corrected chi connectivity index (χ2v) is 4.62. The molecule has 0 bridgehead atoms. The van der Waals surface area contributed by atoms with E-state index in [0.717, 1.165) is 25.3 Å². The maximum atomic E-state index is 5.48. The van der Waals surface area contributed by atoms with Gasteiger partial charge in [0, 0.05) is 24.7 Å². The third-order valence-corrected chi connectivity index (χ3v) is 3.71. The number of methoxy groups -OCH3 is 1. The highest BCUT2D eigenvalue weighted by molar-refractivity contribution is 5.90. The molecule has 0 aliphatic carbocycles. The molecule has 0 unspecified atom stereocenters. The number of nitrogens with one attached hydrogen (secondary N) is 1. The Morgan fingerprint density at radius 3 is 3.06 bits per heavy atom. The number of aromatic nitrogens is 1. The van der Waals surface area contributed by atoms with Crippen molar-refractivity contribution in [3.05, 3.63) is 29.5 Å². The molecule has 90 valence electrons. The topological polar surface area (TPSA) is 26.2 Å². The summed E-state index contributed by atoms with van der Waals surface area (Å²) < 4.78 is 7.76. The average molecular weight is 230 g/mol. The molecule has 0 radical (unpaired) electrons. The SMILES string of the molecule is COc1cccc2c3c(n(C)c12)CNCCC3. The van der Waals surface area contributed by atoms with E-state index in [-0.39, 0.29) is 0 Å². The first-order valence-electron chi connectivity index (χ1n) is 6.17. The van der Waals surface area contributed by atoms with Crippen LogP contribution in [0.25, 0.3) is 10.9 Å².